The van der Waals surface area contributed by atoms with Crippen LogP contribution in [0.25, 0.3) is 11.0 Å². The zero-order chi connectivity index (χ0) is 22.3. The Kier molecular flexibility index (Phi) is 5.36. The van der Waals surface area contributed by atoms with Crippen LogP contribution in [0.3, 0.4) is 0 Å². The second-order valence-electron chi connectivity index (χ2n) is 9.24. The average Bonchev–Trinajstić information content (AvgIpc) is 3.03. The van der Waals surface area contributed by atoms with Gasteiger partial charge >= 0.3 is 12.1 Å². The maximum absolute atomic E-state index is 12.3. The van der Waals surface area contributed by atoms with Crippen LogP contribution < -0.4 is 10.2 Å². The third kappa shape index (κ3) is 4.35. The molecule has 2 aromatic heterocycles. The summed E-state index contributed by atoms with van der Waals surface area (Å²) in [4.78, 5) is 43.9. The van der Waals surface area contributed by atoms with E-state index in [0.29, 0.717) is 25.3 Å². The molecular weight excluding hydrogens is 398 g/mol. The minimum atomic E-state index is -0.498. The van der Waals surface area contributed by atoms with Crippen LogP contribution in [-0.4, -0.2) is 57.7 Å². The Labute approximate surface area is 181 Å². The van der Waals surface area contributed by atoms with Crippen LogP contribution in [0.15, 0.2) is 18.5 Å². The highest BCUT2D eigenvalue weighted by molar-refractivity contribution is 6.06. The average molecular weight is 428 g/mol. The molecule has 0 aromatic carbocycles. The fourth-order valence-electron chi connectivity index (χ4n) is 4.17. The van der Waals surface area contributed by atoms with Crippen molar-refractivity contribution in [1.29, 1.82) is 0 Å². The van der Waals surface area contributed by atoms with Crippen LogP contribution in [0.1, 0.15) is 51.6 Å². The number of hydrogen-bond donors (Lipinski definition) is 1. The number of urea groups is 1. The van der Waals surface area contributed by atoms with E-state index in [0.717, 1.165) is 29.4 Å². The van der Waals surface area contributed by atoms with Gasteiger partial charge in [0.25, 0.3) is 0 Å². The van der Waals surface area contributed by atoms with Gasteiger partial charge in [0.2, 0.25) is 5.91 Å². The van der Waals surface area contributed by atoms with Crippen LogP contribution in [0.5, 0.6) is 0 Å². The predicted molar refractivity (Wildman–Crippen MR) is 116 cm³/mol. The quantitative estimate of drug-likeness (QED) is 0.793. The van der Waals surface area contributed by atoms with Crippen molar-refractivity contribution in [3.8, 4) is 0 Å². The highest BCUT2D eigenvalue weighted by Crippen LogP contribution is 2.31. The molecule has 2 aliphatic heterocycles. The third-order valence-corrected chi connectivity index (χ3v) is 5.73. The molecule has 0 bridgehead atoms. The molecule has 9 heteroatoms. The van der Waals surface area contributed by atoms with Crippen LogP contribution >= 0.6 is 0 Å². The topological polar surface area (TPSA) is 96.8 Å². The van der Waals surface area contributed by atoms with Crippen LogP contribution in [0.2, 0.25) is 0 Å². The number of hydrogen-bond acceptors (Lipinski definition) is 5. The van der Waals surface area contributed by atoms with Gasteiger partial charge in [0.05, 0.1) is 11.9 Å². The van der Waals surface area contributed by atoms with Crippen LogP contribution in [0.4, 0.5) is 15.3 Å². The Morgan fingerprint density at radius 1 is 1.19 bits per heavy atom. The molecule has 1 N–H and O–H groups in total. The highest BCUT2D eigenvalue weighted by atomic mass is 16.6. The number of fused-ring (bicyclic) bond motifs is 1. The molecule has 4 heterocycles. The number of anilines is 1. The summed E-state index contributed by atoms with van der Waals surface area (Å²) in [7, 11) is 0. The van der Waals surface area contributed by atoms with E-state index in [9.17, 15) is 14.4 Å². The molecule has 0 radical (unpaired) electrons. The summed E-state index contributed by atoms with van der Waals surface area (Å²) in [5.74, 6) is -0.254. The monoisotopic (exact) mass is 427 g/mol. The van der Waals surface area contributed by atoms with E-state index in [-0.39, 0.29) is 24.5 Å². The van der Waals surface area contributed by atoms with Gasteiger partial charge < -0.3 is 14.2 Å². The van der Waals surface area contributed by atoms with Gasteiger partial charge in [-0.2, -0.15) is 0 Å². The largest absolute Gasteiger partial charge is 0.444 e. The van der Waals surface area contributed by atoms with Crippen molar-refractivity contribution >= 4 is 34.8 Å². The van der Waals surface area contributed by atoms with Gasteiger partial charge in [0.15, 0.2) is 0 Å². The van der Waals surface area contributed by atoms with E-state index in [1.807, 2.05) is 33.8 Å². The number of ether oxygens (including phenoxy) is 1. The van der Waals surface area contributed by atoms with Crippen molar-refractivity contribution in [2.45, 2.75) is 58.6 Å². The fourth-order valence-corrected chi connectivity index (χ4v) is 4.17. The first-order valence-corrected chi connectivity index (χ1v) is 10.7. The molecule has 9 nitrogen and oxygen atoms in total. The van der Waals surface area contributed by atoms with E-state index < -0.39 is 11.6 Å². The van der Waals surface area contributed by atoms with Crippen molar-refractivity contribution in [1.82, 2.24) is 19.8 Å². The zero-order valence-electron chi connectivity index (χ0n) is 18.5. The molecule has 2 aliphatic rings. The summed E-state index contributed by atoms with van der Waals surface area (Å²) in [5, 5.41) is 3.33. The van der Waals surface area contributed by atoms with E-state index in [1.54, 1.807) is 16.0 Å². The molecule has 2 saturated heterocycles. The first-order valence-electron chi connectivity index (χ1n) is 10.7. The standard InChI is InChI=1S/C22H29N5O4/c1-14-13-27(15-5-8-25(9-6-15)21(30)31-22(2,3)4)19-17(14)11-16(12-23-19)26-10-7-18(28)24-20(26)29/h11-13,15H,5-10H2,1-4H3,(H,24,28,29). The summed E-state index contributed by atoms with van der Waals surface area (Å²) in [5.41, 5.74) is 2.12. The second kappa shape index (κ2) is 7.86. The predicted octanol–water partition coefficient (Wildman–Crippen LogP) is 3.36. The molecule has 166 valence electrons. The Balaban J connectivity index is 1.50. The molecule has 0 atom stereocenters. The SMILES string of the molecule is Cc1cn(C2CCN(C(=O)OC(C)(C)C)CC2)c2ncc(N3CCC(=O)NC3=O)cc12. The fraction of sp³-hybridized carbons (Fsp3) is 0.545. The molecule has 0 spiro atoms. The number of carbonyl (C=O) groups is 3. The van der Waals surface area contributed by atoms with Gasteiger partial charge in [0.1, 0.15) is 11.2 Å². The van der Waals surface area contributed by atoms with E-state index in [1.165, 1.54) is 0 Å². The Bertz CT molecular complexity index is 1030. The number of imide groups is 1. The lowest BCUT2D eigenvalue weighted by Gasteiger charge is -2.34. The lowest BCUT2D eigenvalue weighted by atomic mass is 10.1. The van der Waals surface area contributed by atoms with E-state index in [2.05, 4.69) is 21.1 Å². The third-order valence-electron chi connectivity index (χ3n) is 5.73. The smallest absolute Gasteiger partial charge is 0.410 e. The van der Waals surface area contributed by atoms with Gasteiger partial charge in [-0.3, -0.25) is 15.0 Å². The number of rotatable bonds is 2. The lowest BCUT2D eigenvalue weighted by molar-refractivity contribution is -0.120. The van der Waals surface area contributed by atoms with Crippen LogP contribution in [0, 0.1) is 6.92 Å². The molecule has 4 rings (SSSR count). The lowest BCUT2D eigenvalue weighted by Crippen LogP contribution is -2.49. The number of amides is 4. The summed E-state index contributed by atoms with van der Waals surface area (Å²) >= 11 is 0. The molecule has 31 heavy (non-hydrogen) atoms. The van der Waals surface area contributed by atoms with Gasteiger partial charge in [-0.25, -0.2) is 14.6 Å². The first kappa shape index (κ1) is 21.1. The zero-order valence-corrected chi connectivity index (χ0v) is 18.5. The van der Waals surface area contributed by atoms with E-state index in [4.69, 9.17) is 4.74 Å². The Hall–Kier alpha value is -3.10. The summed E-state index contributed by atoms with van der Waals surface area (Å²) in [6, 6.07) is 1.78. The van der Waals surface area contributed by atoms with Crippen molar-refractivity contribution in [2.24, 2.45) is 0 Å². The number of pyridine rings is 1. The Morgan fingerprint density at radius 3 is 2.55 bits per heavy atom. The van der Waals surface area contributed by atoms with Gasteiger partial charge in [0, 0.05) is 43.7 Å². The minimum Gasteiger partial charge on any atom is -0.444 e. The number of nitrogens with zero attached hydrogens (tertiary/aromatic N) is 4. The maximum Gasteiger partial charge on any atom is 0.410 e. The number of aryl methyl sites for hydroxylation is 1. The van der Waals surface area contributed by atoms with Gasteiger partial charge in [-0.15, -0.1) is 0 Å². The number of aromatic nitrogens is 2. The summed E-state index contributed by atoms with van der Waals surface area (Å²) in [6.45, 7) is 9.27. The molecule has 2 aromatic rings. The molecule has 0 unspecified atom stereocenters. The van der Waals surface area contributed by atoms with Crippen molar-refractivity contribution < 1.29 is 19.1 Å². The second-order valence-corrected chi connectivity index (χ2v) is 9.24. The number of piperidine rings is 1. The van der Waals surface area contributed by atoms with Gasteiger partial charge in [-0.05, 0) is 52.2 Å². The van der Waals surface area contributed by atoms with Gasteiger partial charge in [-0.1, -0.05) is 0 Å². The molecule has 2 fully saturated rings. The normalized spacial score (nSPS) is 18.5. The van der Waals surface area contributed by atoms with Crippen LogP contribution in [-0.2, 0) is 9.53 Å². The molecule has 0 aliphatic carbocycles. The van der Waals surface area contributed by atoms with Crippen molar-refractivity contribution in [2.75, 3.05) is 24.5 Å². The molecule has 4 amide bonds. The van der Waals surface area contributed by atoms with Crippen molar-refractivity contribution in [3.63, 3.8) is 0 Å². The first-order chi connectivity index (χ1) is 14.6. The molecular formula is C22H29N5O4. The summed E-state index contributed by atoms with van der Waals surface area (Å²) < 4.78 is 7.67. The summed E-state index contributed by atoms with van der Waals surface area (Å²) in [6.07, 6.45) is 5.43. The Morgan fingerprint density at radius 2 is 1.90 bits per heavy atom. The van der Waals surface area contributed by atoms with Crippen molar-refractivity contribution in [3.05, 3.63) is 24.0 Å². The number of carbonyl (C=O) groups excluding carboxylic acids is 3. The minimum absolute atomic E-state index is 0.240. The highest BCUT2D eigenvalue weighted by Gasteiger charge is 2.29. The van der Waals surface area contributed by atoms with E-state index >= 15 is 0 Å². The number of nitrogens with one attached hydrogen (secondary N) is 1. The number of likely N-dealkylation sites (tertiary alicyclic amines) is 1. The maximum atomic E-state index is 12.3. The molecule has 0 saturated carbocycles.